The van der Waals surface area contributed by atoms with Gasteiger partial charge in [0, 0.05) is 59.3 Å². The Morgan fingerprint density at radius 3 is 0.361 bits per heavy atom. The van der Waals surface area contributed by atoms with E-state index in [9.17, 15) is 28.8 Å². The molecule has 0 saturated heterocycles. The predicted octanol–water partition coefficient (Wildman–Crippen LogP) is 39.2. The molecular weight excluding hydrogens is 1680 g/mol. The van der Waals surface area contributed by atoms with E-state index in [0.717, 1.165) is 135 Å². The zero-order valence-corrected chi connectivity index (χ0v) is 91.0. The molecule has 0 amide bonds. The molecule has 0 aliphatic rings. The van der Waals surface area contributed by atoms with Crippen molar-refractivity contribution >= 4 is 44.4 Å². The fourth-order valence-corrected chi connectivity index (χ4v) is 19.7. The van der Waals surface area contributed by atoms with Crippen molar-refractivity contribution in [1.82, 2.24) is 0 Å². The fourth-order valence-electron chi connectivity index (χ4n) is 18.3. The van der Waals surface area contributed by atoms with Crippen molar-refractivity contribution in [3.8, 4) is 0 Å². The number of carbonyl (C=O) groups is 6. The van der Waals surface area contributed by atoms with Crippen LogP contribution in [-0.2, 0) is 70.8 Å². The standard InChI is InChI=1S/C117H225O15P/c1-10-16-22-28-34-40-46-52-58-64-70-76-82-88-94-100-109(118)124-106-115(7,127-112(121)103-97-91-85-79-73-67-61-55-49-43-37-31-25-19-13-4)130-133(131-116(8,128-113(122)104-98-92-86-80-74-68-62-56-50-44-38-32-26-20-14-5)107-125-110(119)101-95-89-83-77-71-65-59-53-47-41-35-29-23-17-11-2)132-117(9,129-114(123)105-99-93-87-81-75-69-63-57-51-45-39-33-27-21-15-6)108-126-111(120)102-96-90-84-78-72-66-60-54-48-42-36-30-24-18-12-3/h10-108H2,1-9H3. The van der Waals surface area contributed by atoms with Gasteiger partial charge in [-0.25, -0.2) is 0 Å². The minimum atomic E-state index is -3.10. The third kappa shape index (κ3) is 96.4. The van der Waals surface area contributed by atoms with Gasteiger partial charge < -0.3 is 28.4 Å². The molecule has 0 saturated carbocycles. The molecule has 0 aromatic heterocycles. The highest BCUT2D eigenvalue weighted by Crippen LogP contribution is 2.52. The van der Waals surface area contributed by atoms with Gasteiger partial charge in [-0.15, -0.1) is 0 Å². The van der Waals surface area contributed by atoms with Crippen LogP contribution in [0.1, 0.15) is 679 Å². The first-order valence-corrected chi connectivity index (χ1v) is 60.1. The molecule has 3 unspecified atom stereocenters. The molecule has 0 spiro atoms. The van der Waals surface area contributed by atoms with E-state index < -0.39 is 81.6 Å². The largest absolute Gasteiger partial charge is 0.459 e. The number of hydrogen-bond donors (Lipinski definition) is 0. The van der Waals surface area contributed by atoms with E-state index in [-0.39, 0.29) is 38.5 Å². The second-order valence-electron chi connectivity index (χ2n) is 41.5. The Morgan fingerprint density at radius 1 is 0.150 bits per heavy atom. The molecule has 3 atom stereocenters. The lowest BCUT2D eigenvalue weighted by molar-refractivity contribution is -0.247. The summed E-state index contributed by atoms with van der Waals surface area (Å²) in [6.07, 6.45) is 107. The Bertz CT molecular complexity index is 2220. The average Bonchev–Trinajstić information content (AvgIpc) is 0.812. The molecule has 0 bridgehead atoms. The highest BCUT2D eigenvalue weighted by atomic mass is 31.2. The van der Waals surface area contributed by atoms with Gasteiger partial charge in [-0.2, -0.15) is 0 Å². The van der Waals surface area contributed by atoms with E-state index in [4.69, 9.17) is 42.0 Å². The molecule has 0 radical (unpaired) electrons. The third-order valence-corrected chi connectivity index (χ3v) is 28.8. The Hall–Kier alpha value is -2.87. The second-order valence-corrected chi connectivity index (χ2v) is 42.5. The zero-order valence-electron chi connectivity index (χ0n) is 90.1. The Morgan fingerprint density at radius 2 is 0.248 bits per heavy atom. The van der Waals surface area contributed by atoms with E-state index in [1.165, 1.54) is 425 Å². The highest BCUT2D eigenvalue weighted by Gasteiger charge is 2.47. The number of ether oxygens (including phenoxy) is 6. The first kappa shape index (κ1) is 130. The first-order chi connectivity index (χ1) is 65.0. The molecule has 133 heavy (non-hydrogen) atoms. The molecule has 0 fully saturated rings. The smallest absolute Gasteiger partial charge is 0.343 e. The highest BCUT2D eigenvalue weighted by molar-refractivity contribution is 7.41. The minimum Gasteiger partial charge on any atom is -0.459 e. The summed E-state index contributed by atoms with van der Waals surface area (Å²) in [6, 6.07) is 0. The second kappa shape index (κ2) is 102. The SMILES string of the molecule is CCCCCCCCCCCCCCCCCC(=O)OCC(C)(OC(=O)CCCCCCCCCCCCCCCCC)OP(OC(C)(COC(=O)CCCCCCCCCCCCCCCCC)OC(=O)CCCCCCCCCCCCCCCCC)OC(C)(COC(=O)CCCCCCCCCCCCCCCCC)OC(=O)CCCCCCCCCCCCCCCCC. The summed E-state index contributed by atoms with van der Waals surface area (Å²) in [5.41, 5.74) is 0. The van der Waals surface area contributed by atoms with Crippen LogP contribution in [0, 0.1) is 0 Å². The molecule has 0 heterocycles. The molecule has 15 nitrogen and oxygen atoms in total. The zero-order chi connectivity index (χ0) is 96.9. The van der Waals surface area contributed by atoms with Gasteiger partial charge in [0.2, 0.25) is 0 Å². The van der Waals surface area contributed by atoms with Gasteiger partial charge in [0.15, 0.2) is 19.8 Å². The first-order valence-electron chi connectivity index (χ1n) is 59.0. The Balaban J connectivity index is 7.51. The number of esters is 6. The van der Waals surface area contributed by atoms with Crippen molar-refractivity contribution in [3.05, 3.63) is 0 Å². The summed E-state index contributed by atoms with van der Waals surface area (Å²) < 4.78 is 58.3. The summed E-state index contributed by atoms with van der Waals surface area (Å²) in [5.74, 6) is -9.62. The third-order valence-electron chi connectivity index (χ3n) is 27.2. The van der Waals surface area contributed by atoms with Crippen molar-refractivity contribution in [2.45, 2.75) is 696 Å². The van der Waals surface area contributed by atoms with E-state index in [1.807, 2.05) is 0 Å². The lowest BCUT2D eigenvalue weighted by atomic mass is 10.0. The molecule has 0 aromatic carbocycles. The van der Waals surface area contributed by atoms with Crippen molar-refractivity contribution < 1.29 is 70.8 Å². The number of unbranched alkanes of at least 4 members (excludes halogenated alkanes) is 84. The predicted molar refractivity (Wildman–Crippen MR) is 564 cm³/mol. The monoisotopic (exact) mass is 1900 g/mol. The molecule has 0 aliphatic carbocycles. The van der Waals surface area contributed by atoms with Crippen molar-refractivity contribution in [2.75, 3.05) is 19.8 Å². The molecule has 0 rings (SSSR count). The number of hydrogen-bond acceptors (Lipinski definition) is 15. The maximum absolute atomic E-state index is 14.6. The molecule has 0 N–H and O–H groups in total. The van der Waals surface area contributed by atoms with Gasteiger partial charge in [-0.05, 0) is 38.5 Å². The van der Waals surface area contributed by atoms with Gasteiger partial charge >= 0.3 is 44.4 Å². The maximum Gasteiger partial charge on any atom is 0.343 e. The van der Waals surface area contributed by atoms with Gasteiger partial charge in [-0.1, -0.05) is 581 Å². The van der Waals surface area contributed by atoms with Gasteiger partial charge in [0.05, 0.1) is 0 Å². The molecule has 0 aromatic rings. The number of rotatable bonds is 111. The van der Waals surface area contributed by atoms with Crippen LogP contribution in [0.2, 0.25) is 0 Å². The summed E-state index contributed by atoms with van der Waals surface area (Å²) in [7, 11) is -3.10. The summed E-state index contributed by atoms with van der Waals surface area (Å²) in [6.45, 7) is 16.4. The lowest BCUT2D eigenvalue weighted by Crippen LogP contribution is -2.45. The van der Waals surface area contributed by atoms with Crippen LogP contribution >= 0.6 is 8.60 Å². The molecular formula is C117H225O15P. The summed E-state index contributed by atoms with van der Waals surface area (Å²) >= 11 is 0. The molecule has 16 heteroatoms. The molecule has 0 aliphatic heterocycles. The Kier molecular flexibility index (Phi) is 99.8. The minimum absolute atomic E-state index is 0.0534. The van der Waals surface area contributed by atoms with Crippen LogP contribution in [0.25, 0.3) is 0 Å². The van der Waals surface area contributed by atoms with Crippen molar-refractivity contribution in [3.63, 3.8) is 0 Å². The summed E-state index contributed by atoms with van der Waals surface area (Å²) in [5, 5.41) is 0. The lowest BCUT2D eigenvalue weighted by Gasteiger charge is -2.38. The van der Waals surface area contributed by atoms with E-state index in [2.05, 4.69) is 41.5 Å². The normalized spacial score (nSPS) is 13.2. The average molecular weight is 1900 g/mol. The van der Waals surface area contributed by atoms with Crippen molar-refractivity contribution in [1.29, 1.82) is 0 Å². The van der Waals surface area contributed by atoms with Crippen LogP contribution in [0.4, 0.5) is 0 Å². The van der Waals surface area contributed by atoms with Crippen LogP contribution in [0.3, 0.4) is 0 Å². The van der Waals surface area contributed by atoms with Crippen molar-refractivity contribution in [2.24, 2.45) is 0 Å². The van der Waals surface area contributed by atoms with E-state index >= 15 is 0 Å². The van der Waals surface area contributed by atoms with Gasteiger partial charge in [0.25, 0.3) is 17.4 Å². The Labute approximate surface area is 826 Å². The van der Waals surface area contributed by atoms with E-state index in [0.29, 0.717) is 38.5 Å². The maximum atomic E-state index is 14.6. The van der Waals surface area contributed by atoms with Crippen LogP contribution < -0.4 is 0 Å². The number of carbonyl (C=O) groups excluding carboxylic acids is 6. The quantitative estimate of drug-likeness (QED) is 0.0184. The van der Waals surface area contributed by atoms with E-state index in [1.54, 1.807) is 0 Å². The van der Waals surface area contributed by atoms with Crippen LogP contribution in [0.5, 0.6) is 0 Å². The fraction of sp³-hybridized carbons (Fsp3) is 0.949. The van der Waals surface area contributed by atoms with Gasteiger partial charge in [-0.3, -0.25) is 42.3 Å². The summed E-state index contributed by atoms with van der Waals surface area (Å²) in [4.78, 5) is 85.9. The van der Waals surface area contributed by atoms with Crippen LogP contribution in [-0.4, -0.2) is 73.0 Å². The topological polar surface area (TPSA) is 185 Å². The van der Waals surface area contributed by atoms with Crippen LogP contribution in [0.15, 0.2) is 0 Å². The van der Waals surface area contributed by atoms with Gasteiger partial charge in [0.1, 0.15) is 0 Å². The molecule has 788 valence electrons.